The number of hydrogen-bond donors (Lipinski definition) is 0. The van der Waals surface area contributed by atoms with Gasteiger partial charge in [0.15, 0.2) is 0 Å². The summed E-state index contributed by atoms with van der Waals surface area (Å²) >= 11 is 0. The van der Waals surface area contributed by atoms with Gasteiger partial charge in [0.1, 0.15) is 0 Å². The van der Waals surface area contributed by atoms with Crippen LogP contribution in [0, 0.1) is 0 Å². The number of nitrogens with zero attached hydrogens (tertiary/aromatic N) is 2. The Kier molecular flexibility index (Phi) is 13.7. The van der Waals surface area contributed by atoms with Gasteiger partial charge in [0.05, 0.1) is 27.3 Å². The topological polar surface area (TPSA) is 44.0 Å². The van der Waals surface area contributed by atoms with E-state index in [0.29, 0.717) is 5.39 Å². The monoisotopic (exact) mass is 1480 g/mol. The second-order valence-electron chi connectivity index (χ2n) is 32.1. The van der Waals surface area contributed by atoms with E-state index in [2.05, 4.69) is 352 Å². The highest BCUT2D eigenvalue weighted by Gasteiger charge is 2.55. The standard InChI is InChI=1S/C69H41NO.C44H27NO/c71-67-52-22-2-1-17-47(52)55-41-43(46-26-16-34-63-66(46)54-24-8-14-32-61(54)69(63)58-29-11-5-20-50(58)51-21-6-12-30-59(51)69)37-40-64(55)70(67)44-38-35-42(36-39-44)45-25-15-33-62-65(45)53-23-7-13-31-60(53)68(62)56-27-9-3-18-48(56)49-19-4-10-28-57(49)68;46-43-35-16-2-1-12-31(35)34-15-6-10-23-41(34)45(43)29-26-24-28(25-27-29)30-18-11-22-40-42(30)36-17-5-9-21-39(36)44(40)37-19-7-3-13-32(37)33-14-4-8-20-38(33)44/h1-41H;1-27H. The first-order valence-electron chi connectivity index (χ1n) is 40.5. The molecule has 0 N–H and O–H groups in total. The molecule has 2 heterocycles. The summed E-state index contributed by atoms with van der Waals surface area (Å²) in [6.45, 7) is 0. The minimum Gasteiger partial charge on any atom is -0.276 e. The highest BCUT2D eigenvalue weighted by atomic mass is 16.1. The average molecular weight is 1490 g/mol. The van der Waals surface area contributed by atoms with Gasteiger partial charge in [-0.3, -0.25) is 18.7 Å². The number of hydrogen-bond acceptors (Lipinski definition) is 2. The molecule has 0 bridgehead atoms. The summed E-state index contributed by atoms with van der Waals surface area (Å²) in [6, 6.07) is 149. The third-order valence-electron chi connectivity index (χ3n) is 26.9. The number of para-hydroxylation sites is 1. The lowest BCUT2D eigenvalue weighted by Crippen LogP contribution is -2.25. The molecule has 0 radical (unpaired) electrons. The quantitative estimate of drug-likeness (QED) is 0.161. The van der Waals surface area contributed by atoms with Crippen molar-refractivity contribution in [3.05, 3.63) is 500 Å². The summed E-state index contributed by atoms with van der Waals surface area (Å²) in [6.07, 6.45) is 0. The van der Waals surface area contributed by atoms with E-state index in [4.69, 9.17) is 0 Å². The summed E-state index contributed by atoms with van der Waals surface area (Å²) in [5, 5.41) is 5.47. The Labute approximate surface area is 675 Å². The number of pyridine rings is 2. The molecule has 3 spiro atoms. The van der Waals surface area contributed by atoms with Gasteiger partial charge in [0.25, 0.3) is 11.1 Å². The second kappa shape index (κ2) is 24.5. The minimum absolute atomic E-state index is 0.00270. The van der Waals surface area contributed by atoms with Crippen LogP contribution in [0.1, 0.15) is 66.8 Å². The molecule has 4 nitrogen and oxygen atoms in total. The fraction of sp³-hybridized carbons (Fsp3) is 0.0265. The molecule has 6 aliphatic rings. The Morgan fingerprint density at radius 3 is 0.735 bits per heavy atom. The van der Waals surface area contributed by atoms with Gasteiger partial charge in [0.2, 0.25) is 0 Å². The summed E-state index contributed by atoms with van der Waals surface area (Å²) < 4.78 is 3.77. The van der Waals surface area contributed by atoms with Crippen molar-refractivity contribution in [2.24, 2.45) is 0 Å². The molecular weight excluding hydrogens is 1420 g/mol. The van der Waals surface area contributed by atoms with Crippen LogP contribution in [0.3, 0.4) is 0 Å². The van der Waals surface area contributed by atoms with Gasteiger partial charge < -0.3 is 0 Å². The van der Waals surface area contributed by atoms with Gasteiger partial charge in [-0.2, -0.15) is 0 Å². The fourth-order valence-corrected chi connectivity index (χ4v) is 22.5. The van der Waals surface area contributed by atoms with Crippen LogP contribution in [-0.2, 0) is 16.2 Å². The highest BCUT2D eigenvalue weighted by molar-refractivity contribution is 6.11. The predicted octanol–water partition coefficient (Wildman–Crippen LogP) is 26.3. The molecule has 0 saturated carbocycles. The first-order chi connectivity index (χ1) is 57.9. The lowest BCUT2D eigenvalue weighted by atomic mass is 9.70. The van der Waals surface area contributed by atoms with E-state index in [1.54, 1.807) is 0 Å². The Bertz CT molecular complexity index is 7750. The maximum atomic E-state index is 14.9. The Morgan fingerprint density at radius 2 is 0.393 bits per heavy atom. The number of benzene rings is 18. The van der Waals surface area contributed by atoms with Gasteiger partial charge in [0, 0.05) is 32.9 Å². The summed E-state index contributed by atoms with van der Waals surface area (Å²) in [4.78, 5) is 28.8. The van der Waals surface area contributed by atoms with Crippen LogP contribution >= 0.6 is 0 Å². The van der Waals surface area contributed by atoms with Crippen LogP contribution in [0.4, 0.5) is 0 Å². The smallest absolute Gasteiger partial charge is 0.263 e. The lowest BCUT2D eigenvalue weighted by molar-refractivity contribution is 0.794. The van der Waals surface area contributed by atoms with Gasteiger partial charge in [-0.05, 0) is 232 Å². The first kappa shape index (κ1) is 65.4. The van der Waals surface area contributed by atoms with Crippen LogP contribution < -0.4 is 11.1 Å². The molecule has 117 heavy (non-hydrogen) atoms. The van der Waals surface area contributed by atoms with E-state index in [1.165, 1.54) is 150 Å². The predicted molar refractivity (Wildman–Crippen MR) is 479 cm³/mol. The third-order valence-corrected chi connectivity index (χ3v) is 26.9. The SMILES string of the molecule is O=c1c2ccccc2c2cc(-c3cccc4c3-c3ccccc3C43c4ccccc4-c4ccccc43)ccc2n1-c1ccc(-c2cccc3c2-c2ccccc2C32c3ccccc3-c3ccccc32)cc1.O=c1c2ccccc2c2ccccc2n1-c1ccc(-c2cccc3c2-c2ccccc2C32c3ccccc3-c3ccccc32)cc1. The zero-order chi connectivity index (χ0) is 77.0. The van der Waals surface area contributed by atoms with Crippen LogP contribution in [0.2, 0.25) is 0 Å². The molecule has 0 fully saturated rings. The van der Waals surface area contributed by atoms with E-state index in [9.17, 15) is 9.59 Å². The molecule has 0 unspecified atom stereocenters. The summed E-state index contributed by atoms with van der Waals surface area (Å²) in [5.74, 6) is 0. The highest BCUT2D eigenvalue weighted by Crippen LogP contribution is 2.68. The molecule has 0 amide bonds. The zero-order valence-electron chi connectivity index (χ0n) is 63.5. The van der Waals surface area contributed by atoms with E-state index < -0.39 is 10.8 Å². The van der Waals surface area contributed by atoms with Crippen molar-refractivity contribution in [1.29, 1.82) is 0 Å². The van der Waals surface area contributed by atoms with Crippen molar-refractivity contribution in [3.63, 3.8) is 0 Å². The second-order valence-corrected chi connectivity index (χ2v) is 32.1. The molecule has 6 aliphatic carbocycles. The van der Waals surface area contributed by atoms with Crippen molar-refractivity contribution in [2.75, 3.05) is 0 Å². The zero-order valence-corrected chi connectivity index (χ0v) is 63.5. The lowest BCUT2D eigenvalue weighted by Gasteiger charge is -2.30. The molecule has 0 aliphatic heterocycles. The van der Waals surface area contributed by atoms with Crippen molar-refractivity contribution in [2.45, 2.75) is 16.2 Å². The minimum atomic E-state index is -0.427. The van der Waals surface area contributed by atoms with E-state index >= 15 is 0 Å². The van der Waals surface area contributed by atoms with Gasteiger partial charge in [-0.25, -0.2) is 0 Å². The molecule has 20 aromatic rings. The van der Waals surface area contributed by atoms with Crippen molar-refractivity contribution < 1.29 is 0 Å². The largest absolute Gasteiger partial charge is 0.276 e. The maximum Gasteiger partial charge on any atom is 0.263 e. The van der Waals surface area contributed by atoms with Crippen LogP contribution in [0.5, 0.6) is 0 Å². The molecule has 26 rings (SSSR count). The molecule has 0 atom stereocenters. The first-order valence-corrected chi connectivity index (χ1v) is 40.5. The normalized spacial score (nSPS) is 13.9. The molecule has 18 aromatic carbocycles. The number of fused-ring (bicyclic) bond motifs is 36. The maximum absolute atomic E-state index is 14.9. The van der Waals surface area contributed by atoms with E-state index in [0.717, 1.165) is 66.0 Å². The van der Waals surface area contributed by atoms with Crippen molar-refractivity contribution in [3.8, 4) is 112 Å². The van der Waals surface area contributed by atoms with Crippen molar-refractivity contribution >= 4 is 43.4 Å². The number of aromatic nitrogens is 2. The Hall–Kier alpha value is -15.1. The fourth-order valence-electron chi connectivity index (χ4n) is 22.5. The molecular formula is C113H68N2O2. The van der Waals surface area contributed by atoms with Gasteiger partial charge >= 0.3 is 0 Å². The van der Waals surface area contributed by atoms with Crippen LogP contribution in [0.25, 0.3) is 155 Å². The van der Waals surface area contributed by atoms with Crippen LogP contribution in [-0.4, -0.2) is 9.13 Å². The van der Waals surface area contributed by atoms with E-state index in [1.807, 2.05) is 69.8 Å². The van der Waals surface area contributed by atoms with E-state index in [-0.39, 0.29) is 16.5 Å². The molecule has 2 aromatic heterocycles. The summed E-state index contributed by atoms with van der Waals surface area (Å²) in [5.41, 5.74) is 40.6. The average Bonchev–Trinajstić information content (AvgIpc) is 1.52. The third kappa shape index (κ3) is 8.54. The van der Waals surface area contributed by atoms with Crippen LogP contribution in [0.15, 0.2) is 422 Å². The Balaban J connectivity index is 0.000000143. The number of rotatable bonds is 5. The summed E-state index contributed by atoms with van der Waals surface area (Å²) in [7, 11) is 0. The Morgan fingerprint density at radius 1 is 0.162 bits per heavy atom. The van der Waals surface area contributed by atoms with Gasteiger partial charge in [-0.1, -0.05) is 358 Å². The van der Waals surface area contributed by atoms with Crippen molar-refractivity contribution in [1.82, 2.24) is 9.13 Å². The molecule has 0 saturated heterocycles. The molecule has 542 valence electrons. The molecule has 4 heteroatoms. The van der Waals surface area contributed by atoms with Gasteiger partial charge in [-0.15, -0.1) is 0 Å².